The summed E-state index contributed by atoms with van der Waals surface area (Å²) in [5.41, 5.74) is 0.549. The Bertz CT molecular complexity index is 1250. The van der Waals surface area contributed by atoms with E-state index in [9.17, 15) is 9.90 Å². The highest BCUT2D eigenvalue weighted by Crippen LogP contribution is 2.42. The Morgan fingerprint density at radius 2 is 1.35 bits per heavy atom. The average Bonchev–Trinajstić information content (AvgIpc) is 2.97. The van der Waals surface area contributed by atoms with Gasteiger partial charge in [0.25, 0.3) is 8.32 Å². The van der Waals surface area contributed by atoms with Gasteiger partial charge in [0.2, 0.25) is 0 Å². The van der Waals surface area contributed by atoms with Crippen LogP contribution in [0.2, 0.25) is 23.2 Å². The van der Waals surface area contributed by atoms with E-state index >= 15 is 0 Å². The molecule has 5 nitrogen and oxygen atoms in total. The largest absolute Gasteiger partial charge is 0.469 e. The molecule has 7 heteroatoms. The minimum Gasteiger partial charge on any atom is -0.469 e. The molecule has 0 unspecified atom stereocenters. The van der Waals surface area contributed by atoms with Crippen molar-refractivity contribution in [1.82, 2.24) is 0 Å². The van der Waals surface area contributed by atoms with Gasteiger partial charge in [0.15, 0.2) is 8.32 Å². The smallest absolute Gasteiger partial charge is 0.308 e. The van der Waals surface area contributed by atoms with Crippen molar-refractivity contribution in [3.05, 3.63) is 85.0 Å². The van der Waals surface area contributed by atoms with Crippen molar-refractivity contribution in [2.75, 3.05) is 7.11 Å². The molecular weight excluding hydrogens is 605 g/mol. The zero-order valence-corrected chi connectivity index (χ0v) is 32.9. The van der Waals surface area contributed by atoms with E-state index in [0.717, 1.165) is 15.9 Å². The Hall–Kier alpha value is -2.30. The van der Waals surface area contributed by atoms with Crippen LogP contribution in [0.15, 0.2) is 85.0 Å². The Morgan fingerprint density at radius 1 is 0.870 bits per heavy atom. The summed E-state index contributed by atoms with van der Waals surface area (Å²) in [6, 6.07) is 20.7. The first-order valence-corrected chi connectivity index (χ1v) is 21.5. The first kappa shape index (κ1) is 39.9. The van der Waals surface area contributed by atoms with Crippen molar-refractivity contribution in [3.8, 4) is 0 Å². The molecule has 0 aliphatic rings. The highest BCUT2D eigenvalue weighted by atomic mass is 28.4. The minimum atomic E-state index is -2.98. The zero-order valence-electron chi connectivity index (χ0n) is 30.9. The van der Waals surface area contributed by atoms with Crippen LogP contribution in [0, 0.1) is 11.3 Å². The van der Waals surface area contributed by atoms with Gasteiger partial charge in [-0.25, -0.2) is 0 Å². The predicted molar refractivity (Wildman–Crippen MR) is 199 cm³/mol. The second kappa shape index (κ2) is 15.7. The number of aliphatic hydroxyl groups is 1. The molecule has 256 valence electrons. The van der Waals surface area contributed by atoms with E-state index in [1.165, 1.54) is 7.11 Å². The van der Waals surface area contributed by atoms with E-state index in [0.29, 0.717) is 0 Å². The van der Waals surface area contributed by atoms with Crippen molar-refractivity contribution in [1.29, 1.82) is 0 Å². The van der Waals surface area contributed by atoms with Crippen LogP contribution in [-0.4, -0.2) is 53.1 Å². The summed E-state index contributed by atoms with van der Waals surface area (Å²) in [6.45, 7) is 30.5. The second-order valence-electron chi connectivity index (χ2n) is 16.0. The second-order valence-corrected chi connectivity index (χ2v) is 25.0. The molecule has 0 heterocycles. The molecule has 0 aliphatic heterocycles. The molecule has 0 saturated carbocycles. The summed E-state index contributed by atoms with van der Waals surface area (Å²) in [4.78, 5) is 12.8. The summed E-state index contributed by atoms with van der Waals surface area (Å²) in [5, 5.41) is 13.7. The minimum absolute atomic E-state index is 0.00780. The SMILES string of the molecule is C=CC(C)(C)[C@@H](O[Si](C)(C)C(C)(C)C)[C@@H](C)/C=C(\C)[C@H](O)C[C@@H](CC(=O)OC)O[Si](c1ccccc1)(c1ccccc1)C(C)(C)C. The molecule has 0 spiro atoms. The van der Waals surface area contributed by atoms with E-state index in [4.69, 9.17) is 13.6 Å². The van der Waals surface area contributed by atoms with Gasteiger partial charge in [-0.15, -0.1) is 6.58 Å². The molecule has 1 N–H and O–H groups in total. The summed E-state index contributed by atoms with van der Waals surface area (Å²) in [6.07, 6.45) is 2.89. The van der Waals surface area contributed by atoms with Gasteiger partial charge in [-0.1, -0.05) is 135 Å². The first-order chi connectivity index (χ1) is 21.1. The van der Waals surface area contributed by atoms with Crippen LogP contribution < -0.4 is 10.4 Å². The van der Waals surface area contributed by atoms with Gasteiger partial charge in [-0.3, -0.25) is 4.79 Å². The number of methoxy groups -OCH3 is 1. The number of esters is 1. The molecule has 0 bridgehead atoms. The number of rotatable bonds is 15. The molecule has 0 amide bonds. The lowest BCUT2D eigenvalue weighted by Gasteiger charge is -2.45. The van der Waals surface area contributed by atoms with Crippen LogP contribution in [0.4, 0.5) is 0 Å². The molecule has 4 atom stereocenters. The Balaban J connectivity index is 2.56. The van der Waals surface area contributed by atoms with Crippen molar-refractivity contribution in [2.24, 2.45) is 11.3 Å². The maximum Gasteiger partial charge on any atom is 0.308 e. The topological polar surface area (TPSA) is 65.0 Å². The summed E-state index contributed by atoms with van der Waals surface area (Å²) < 4.78 is 19.5. The monoisotopic (exact) mass is 666 g/mol. The lowest BCUT2D eigenvalue weighted by molar-refractivity contribution is -0.142. The number of aliphatic hydroxyl groups excluding tert-OH is 1. The number of carbonyl (C=O) groups excluding carboxylic acids is 1. The highest BCUT2D eigenvalue weighted by Gasteiger charge is 2.52. The average molecular weight is 667 g/mol. The third-order valence-corrected chi connectivity index (χ3v) is 19.4. The molecule has 0 aromatic heterocycles. The van der Waals surface area contributed by atoms with Gasteiger partial charge in [0.05, 0.1) is 31.8 Å². The fourth-order valence-corrected chi connectivity index (χ4v) is 12.2. The molecule has 2 rings (SSSR count). The number of hydrogen-bond acceptors (Lipinski definition) is 5. The third kappa shape index (κ3) is 9.63. The quantitative estimate of drug-likeness (QED) is 0.117. The molecular formula is C39H62O5Si2. The first-order valence-electron chi connectivity index (χ1n) is 16.7. The number of hydrogen-bond donors (Lipinski definition) is 1. The van der Waals surface area contributed by atoms with Crippen LogP contribution >= 0.6 is 0 Å². The van der Waals surface area contributed by atoms with E-state index in [1.54, 1.807) is 0 Å². The zero-order chi connectivity index (χ0) is 35.1. The lowest BCUT2D eigenvalue weighted by atomic mass is 9.79. The van der Waals surface area contributed by atoms with Gasteiger partial charge in [0.1, 0.15) is 0 Å². The van der Waals surface area contributed by atoms with Crippen molar-refractivity contribution < 1.29 is 23.5 Å². The van der Waals surface area contributed by atoms with Crippen molar-refractivity contribution >= 4 is 33.0 Å². The fourth-order valence-electron chi connectivity index (χ4n) is 5.98. The molecule has 2 aromatic rings. The van der Waals surface area contributed by atoms with Gasteiger partial charge >= 0.3 is 5.97 Å². The summed E-state index contributed by atoms with van der Waals surface area (Å²) in [7, 11) is -3.68. The third-order valence-electron chi connectivity index (χ3n) is 9.88. The van der Waals surface area contributed by atoms with E-state index in [1.807, 2.05) is 49.4 Å². The van der Waals surface area contributed by atoms with Crippen LogP contribution in [-0.2, 0) is 18.4 Å². The molecule has 0 saturated heterocycles. The number of benzene rings is 2. The van der Waals surface area contributed by atoms with Crippen LogP contribution in [0.1, 0.15) is 82.1 Å². The van der Waals surface area contributed by atoms with E-state index in [-0.39, 0.29) is 46.3 Å². The molecule has 0 fully saturated rings. The number of carbonyl (C=O) groups is 1. The van der Waals surface area contributed by atoms with Crippen LogP contribution in [0.3, 0.4) is 0 Å². The maximum absolute atomic E-state index is 12.8. The maximum atomic E-state index is 12.8. The molecule has 2 aromatic carbocycles. The van der Waals surface area contributed by atoms with E-state index < -0.39 is 28.8 Å². The predicted octanol–water partition coefficient (Wildman–Crippen LogP) is 8.43. The van der Waals surface area contributed by atoms with Gasteiger partial charge in [-0.05, 0) is 46.0 Å². The summed E-state index contributed by atoms with van der Waals surface area (Å²) >= 11 is 0. The van der Waals surface area contributed by atoms with Crippen LogP contribution in [0.5, 0.6) is 0 Å². The standard InChI is InChI=1S/C39H62O5Si2/c1-15-39(10,11)36(44-45(13,14)37(4,5)6)30(3)26-29(2)34(40)27-31(28-35(41)42-12)43-46(38(7,8)9,32-22-18-16-19-23-32)33-24-20-17-21-25-33/h15-26,30-31,34,36,40H,1,27-28H2,2-14H3/b29-26+/t30-,31-,34+,36-/m0/s1. The van der Waals surface area contributed by atoms with Crippen molar-refractivity contribution in [2.45, 2.75) is 124 Å². The van der Waals surface area contributed by atoms with Gasteiger partial charge in [-0.2, -0.15) is 0 Å². The van der Waals surface area contributed by atoms with Crippen LogP contribution in [0.25, 0.3) is 0 Å². The molecule has 46 heavy (non-hydrogen) atoms. The molecule has 0 aliphatic carbocycles. The Kier molecular flexibility index (Phi) is 13.6. The summed E-state index contributed by atoms with van der Waals surface area (Å²) in [5.74, 6) is -0.353. The number of ether oxygens (including phenoxy) is 1. The fraction of sp³-hybridized carbons (Fsp3) is 0.564. The van der Waals surface area contributed by atoms with Gasteiger partial charge < -0.3 is 18.7 Å². The molecule has 0 radical (unpaired) electrons. The highest BCUT2D eigenvalue weighted by molar-refractivity contribution is 6.99. The lowest BCUT2D eigenvalue weighted by Crippen LogP contribution is -2.68. The Morgan fingerprint density at radius 3 is 1.74 bits per heavy atom. The Labute approximate surface area is 282 Å². The normalized spacial score (nSPS) is 16.3. The van der Waals surface area contributed by atoms with E-state index in [2.05, 4.69) is 112 Å². The van der Waals surface area contributed by atoms with Gasteiger partial charge in [0, 0.05) is 17.8 Å². The van der Waals surface area contributed by atoms with Crippen molar-refractivity contribution in [3.63, 3.8) is 0 Å².